The van der Waals surface area contributed by atoms with E-state index >= 15 is 0 Å². The van der Waals surface area contributed by atoms with E-state index in [4.69, 9.17) is 14.4 Å². The van der Waals surface area contributed by atoms with Crippen LogP contribution in [0.3, 0.4) is 0 Å². The third-order valence-electron chi connectivity index (χ3n) is 6.55. The molecule has 172 valence electrons. The molecule has 2 aliphatic heterocycles. The van der Waals surface area contributed by atoms with Crippen LogP contribution in [0.25, 0.3) is 0 Å². The average Bonchev–Trinajstić information content (AvgIpc) is 2.98. The van der Waals surface area contributed by atoms with Crippen molar-refractivity contribution in [3.05, 3.63) is 12.4 Å². The normalized spacial score (nSPS) is 22.0. The SMILES string of the molecule is CC1(C)OB(c2cnc(SCCCC3CCN(C(=O)[C@H](O)CO)CC3)nc2)OC1(C)C. The van der Waals surface area contributed by atoms with Crippen molar-refractivity contribution < 1.29 is 24.3 Å². The van der Waals surface area contributed by atoms with E-state index < -0.39 is 19.8 Å². The van der Waals surface area contributed by atoms with Crippen LogP contribution in [0.15, 0.2) is 17.6 Å². The molecule has 2 aliphatic rings. The Morgan fingerprint density at radius 1 is 1.23 bits per heavy atom. The number of likely N-dealkylation sites (tertiary alicyclic amines) is 1. The summed E-state index contributed by atoms with van der Waals surface area (Å²) >= 11 is 1.64. The van der Waals surface area contributed by atoms with Crippen LogP contribution in [0.4, 0.5) is 0 Å². The van der Waals surface area contributed by atoms with Crippen molar-refractivity contribution in [2.45, 2.75) is 75.8 Å². The molecule has 1 aromatic heterocycles. The van der Waals surface area contributed by atoms with Gasteiger partial charge < -0.3 is 24.4 Å². The van der Waals surface area contributed by atoms with Gasteiger partial charge in [-0.25, -0.2) is 9.97 Å². The Morgan fingerprint density at radius 3 is 2.35 bits per heavy atom. The highest BCUT2D eigenvalue weighted by molar-refractivity contribution is 7.99. The molecule has 0 aromatic carbocycles. The molecule has 10 heteroatoms. The summed E-state index contributed by atoms with van der Waals surface area (Å²) in [5.41, 5.74) is 0.0657. The van der Waals surface area contributed by atoms with Crippen LogP contribution in [0.5, 0.6) is 0 Å². The van der Waals surface area contributed by atoms with Crippen molar-refractivity contribution in [3.8, 4) is 0 Å². The molecule has 2 N–H and O–H groups in total. The van der Waals surface area contributed by atoms with Crippen LogP contribution in [0, 0.1) is 5.92 Å². The monoisotopic (exact) mass is 451 g/mol. The molecule has 2 saturated heterocycles. The summed E-state index contributed by atoms with van der Waals surface area (Å²) in [5.74, 6) is 1.17. The lowest BCUT2D eigenvalue weighted by Crippen LogP contribution is -2.45. The highest BCUT2D eigenvalue weighted by atomic mass is 32.2. The van der Waals surface area contributed by atoms with E-state index in [0.717, 1.165) is 42.1 Å². The van der Waals surface area contributed by atoms with Gasteiger partial charge in [0.2, 0.25) is 0 Å². The second-order valence-electron chi connectivity index (χ2n) is 9.34. The van der Waals surface area contributed by atoms with Crippen molar-refractivity contribution in [2.75, 3.05) is 25.4 Å². The molecule has 0 bridgehead atoms. The van der Waals surface area contributed by atoms with Gasteiger partial charge >= 0.3 is 7.12 Å². The van der Waals surface area contributed by atoms with Gasteiger partial charge in [0.25, 0.3) is 5.91 Å². The highest BCUT2D eigenvalue weighted by Gasteiger charge is 2.51. The van der Waals surface area contributed by atoms with Crippen LogP contribution in [-0.2, 0) is 14.1 Å². The average molecular weight is 451 g/mol. The van der Waals surface area contributed by atoms with Crippen LogP contribution >= 0.6 is 11.8 Å². The summed E-state index contributed by atoms with van der Waals surface area (Å²) in [5, 5.41) is 19.1. The zero-order valence-corrected chi connectivity index (χ0v) is 19.7. The lowest BCUT2D eigenvalue weighted by atomic mass is 9.81. The van der Waals surface area contributed by atoms with Crippen molar-refractivity contribution in [2.24, 2.45) is 5.92 Å². The van der Waals surface area contributed by atoms with E-state index in [-0.39, 0.29) is 17.1 Å². The number of rotatable bonds is 8. The van der Waals surface area contributed by atoms with Gasteiger partial charge in [-0.3, -0.25) is 4.79 Å². The van der Waals surface area contributed by atoms with Gasteiger partial charge in [0, 0.05) is 36.7 Å². The standard InChI is InChI=1S/C21H34BN3O5S/c1-20(2)21(3,4)30-22(29-20)16-12-23-19(24-13-16)31-11-5-6-15-7-9-25(10-8-15)18(28)17(27)14-26/h12-13,15,17,26-27H,5-11,14H2,1-4H3/t17-/m1/s1. The quantitative estimate of drug-likeness (QED) is 0.263. The molecule has 3 rings (SSSR count). The Bertz CT molecular complexity index is 725. The predicted molar refractivity (Wildman–Crippen MR) is 120 cm³/mol. The zero-order chi connectivity index (χ0) is 22.6. The number of nitrogens with zero attached hydrogens (tertiary/aromatic N) is 3. The van der Waals surface area contributed by atoms with E-state index in [1.54, 1.807) is 29.1 Å². The van der Waals surface area contributed by atoms with Gasteiger partial charge in [0.05, 0.1) is 17.8 Å². The maximum atomic E-state index is 11.9. The van der Waals surface area contributed by atoms with E-state index in [9.17, 15) is 9.90 Å². The maximum Gasteiger partial charge on any atom is 0.498 e. The van der Waals surface area contributed by atoms with Crippen molar-refractivity contribution in [3.63, 3.8) is 0 Å². The van der Waals surface area contributed by atoms with Gasteiger partial charge in [-0.1, -0.05) is 11.8 Å². The number of amides is 1. The molecule has 2 fully saturated rings. The largest absolute Gasteiger partial charge is 0.498 e. The maximum absolute atomic E-state index is 11.9. The Kier molecular flexibility index (Phi) is 8.02. The first-order valence-corrected chi connectivity index (χ1v) is 12.0. The lowest BCUT2D eigenvalue weighted by Gasteiger charge is -2.33. The third-order valence-corrected chi connectivity index (χ3v) is 7.51. The van der Waals surface area contributed by atoms with E-state index in [0.29, 0.717) is 19.0 Å². The van der Waals surface area contributed by atoms with Crippen molar-refractivity contribution in [1.82, 2.24) is 14.9 Å². The number of aliphatic hydroxyl groups is 2. The molecule has 0 unspecified atom stereocenters. The zero-order valence-electron chi connectivity index (χ0n) is 18.9. The van der Waals surface area contributed by atoms with E-state index in [2.05, 4.69) is 9.97 Å². The summed E-state index contributed by atoms with van der Waals surface area (Å²) in [6.45, 7) is 8.89. The fourth-order valence-corrected chi connectivity index (χ4v) is 4.52. The summed E-state index contributed by atoms with van der Waals surface area (Å²) in [4.78, 5) is 22.5. The minimum Gasteiger partial charge on any atom is -0.399 e. The number of piperidine rings is 1. The Balaban J connectivity index is 1.36. The first-order valence-electron chi connectivity index (χ1n) is 11.0. The molecule has 8 nitrogen and oxygen atoms in total. The second-order valence-corrected chi connectivity index (χ2v) is 10.4. The third kappa shape index (κ3) is 5.99. The van der Waals surface area contributed by atoms with Crippen molar-refractivity contribution >= 4 is 30.3 Å². The smallest absolute Gasteiger partial charge is 0.399 e. The van der Waals surface area contributed by atoms with Gasteiger partial charge in [-0.15, -0.1) is 0 Å². The van der Waals surface area contributed by atoms with E-state index in [1.807, 2.05) is 27.7 Å². The number of carbonyl (C=O) groups is 1. The van der Waals surface area contributed by atoms with Crippen LogP contribution in [-0.4, -0.2) is 80.9 Å². The molecule has 1 aromatic rings. The number of carbonyl (C=O) groups excluding carboxylic acids is 1. The van der Waals surface area contributed by atoms with Gasteiger partial charge in [0.1, 0.15) is 0 Å². The molecular weight excluding hydrogens is 417 g/mol. The fraction of sp³-hybridized carbons (Fsp3) is 0.762. The topological polar surface area (TPSA) is 105 Å². The fourth-order valence-electron chi connectivity index (χ4n) is 3.77. The number of aromatic nitrogens is 2. The molecule has 0 aliphatic carbocycles. The Hall–Kier alpha value is -1.20. The predicted octanol–water partition coefficient (Wildman–Crippen LogP) is 1.24. The second kappa shape index (κ2) is 10.2. The summed E-state index contributed by atoms with van der Waals surface area (Å²) in [7, 11) is -0.444. The van der Waals surface area contributed by atoms with Gasteiger partial charge in [0.15, 0.2) is 11.3 Å². The van der Waals surface area contributed by atoms with Crippen molar-refractivity contribution in [1.29, 1.82) is 0 Å². The van der Waals surface area contributed by atoms with Crippen LogP contribution in [0.1, 0.15) is 53.4 Å². The molecule has 1 atom stereocenters. The van der Waals surface area contributed by atoms with Gasteiger partial charge in [-0.2, -0.15) is 0 Å². The Labute approximate surface area is 189 Å². The number of hydrogen-bond acceptors (Lipinski definition) is 8. The Morgan fingerprint density at radius 2 is 1.81 bits per heavy atom. The lowest BCUT2D eigenvalue weighted by molar-refractivity contribution is -0.143. The molecule has 0 radical (unpaired) electrons. The molecule has 31 heavy (non-hydrogen) atoms. The first-order chi connectivity index (χ1) is 14.6. The summed E-state index contributed by atoms with van der Waals surface area (Å²) in [6.07, 6.45) is 6.32. The summed E-state index contributed by atoms with van der Waals surface area (Å²) < 4.78 is 12.1. The number of hydrogen-bond donors (Lipinski definition) is 2. The van der Waals surface area contributed by atoms with Crippen LogP contribution in [0.2, 0.25) is 0 Å². The minimum atomic E-state index is -1.29. The highest BCUT2D eigenvalue weighted by Crippen LogP contribution is 2.36. The molecule has 0 saturated carbocycles. The van der Waals surface area contributed by atoms with Gasteiger partial charge in [-0.05, 0) is 59.3 Å². The van der Waals surface area contributed by atoms with Crippen LogP contribution < -0.4 is 5.46 Å². The molecular formula is C21H34BN3O5S. The summed E-state index contributed by atoms with van der Waals surface area (Å²) in [6, 6.07) is 0. The van der Waals surface area contributed by atoms with E-state index in [1.165, 1.54) is 0 Å². The number of thioether (sulfide) groups is 1. The molecule has 0 spiro atoms. The first kappa shape index (κ1) is 24.4. The number of aliphatic hydroxyl groups excluding tert-OH is 2. The molecule has 3 heterocycles. The molecule has 1 amide bonds. The minimum absolute atomic E-state index is 0.363.